The summed E-state index contributed by atoms with van der Waals surface area (Å²) in [5.41, 5.74) is -5.08. The molecule has 34 heavy (non-hydrogen) atoms. The first-order valence-corrected chi connectivity index (χ1v) is 10.2. The maximum atomic E-state index is 14.1. The van der Waals surface area contributed by atoms with Gasteiger partial charge in [0, 0.05) is 23.2 Å². The lowest BCUT2D eigenvalue weighted by Gasteiger charge is -2.37. The molecule has 8 nitrogen and oxygen atoms in total. The number of alkyl halides is 3. The van der Waals surface area contributed by atoms with Gasteiger partial charge >= 0.3 is 12.1 Å². The molecule has 2 heterocycles. The van der Waals surface area contributed by atoms with E-state index in [0.29, 0.717) is 0 Å². The van der Waals surface area contributed by atoms with Crippen molar-refractivity contribution >= 4 is 29.2 Å². The highest BCUT2D eigenvalue weighted by Gasteiger charge is 2.59. The number of pyridine rings is 1. The Hall–Kier alpha value is -3.15. The molecule has 0 aliphatic heterocycles. The molecule has 3 rings (SSSR count). The molecule has 2 unspecified atom stereocenters. The minimum Gasteiger partial charge on any atom is -0.476 e. The van der Waals surface area contributed by atoms with Gasteiger partial charge in [0.05, 0.1) is 17.4 Å². The average Bonchev–Trinajstić information content (AvgIpc) is 2.77. The summed E-state index contributed by atoms with van der Waals surface area (Å²) in [4.78, 5) is 32.1. The Kier molecular flexibility index (Phi) is 6.92. The van der Waals surface area contributed by atoms with Crippen LogP contribution in [0, 0.1) is 6.92 Å². The second kappa shape index (κ2) is 9.24. The van der Waals surface area contributed by atoms with Crippen LogP contribution in [0.3, 0.4) is 0 Å². The van der Waals surface area contributed by atoms with Gasteiger partial charge in [-0.1, -0.05) is 36.2 Å². The van der Waals surface area contributed by atoms with Gasteiger partial charge in [-0.15, -0.1) is 0 Å². The highest BCUT2D eigenvalue weighted by atomic mass is 35.5. The summed E-state index contributed by atoms with van der Waals surface area (Å²) in [7, 11) is 0. The molecule has 0 amide bonds. The predicted octanol–water partition coefficient (Wildman–Crippen LogP) is 4.82. The maximum absolute atomic E-state index is 14.1. The fourth-order valence-corrected chi connectivity index (χ4v) is 3.78. The summed E-state index contributed by atoms with van der Waals surface area (Å²) in [6, 6.07) is 3.37. The zero-order valence-corrected chi connectivity index (χ0v) is 19.0. The molecule has 0 fully saturated rings. The van der Waals surface area contributed by atoms with Gasteiger partial charge in [-0.3, -0.25) is 4.79 Å². The summed E-state index contributed by atoms with van der Waals surface area (Å²) in [6.07, 6.45) is -2.39. The second-order valence-corrected chi connectivity index (χ2v) is 8.07. The molecule has 3 N–H and O–H groups in total. The molecule has 0 bridgehead atoms. The van der Waals surface area contributed by atoms with Crippen LogP contribution in [0.15, 0.2) is 41.6 Å². The summed E-state index contributed by atoms with van der Waals surface area (Å²) < 4.78 is 47.9. The number of rotatable bonds is 6. The van der Waals surface area contributed by atoms with E-state index < -0.39 is 34.8 Å². The Labute approximate surface area is 200 Å². The quantitative estimate of drug-likeness (QED) is 0.427. The average molecular weight is 518 g/mol. The first kappa shape index (κ1) is 25.5. The molecular weight excluding hydrogens is 502 g/mol. The van der Waals surface area contributed by atoms with Crippen molar-refractivity contribution in [2.24, 2.45) is 0 Å². The molecule has 1 aromatic carbocycles. The minimum absolute atomic E-state index is 0.0183. The molecule has 3 aromatic rings. The highest BCUT2D eigenvalue weighted by molar-refractivity contribution is 6.43. The van der Waals surface area contributed by atoms with Crippen molar-refractivity contribution < 1.29 is 32.9 Å². The largest absolute Gasteiger partial charge is 0.476 e. The molecule has 2 aromatic heterocycles. The second-order valence-electron chi connectivity index (χ2n) is 7.31. The van der Waals surface area contributed by atoms with Gasteiger partial charge in [0.2, 0.25) is 5.88 Å². The van der Waals surface area contributed by atoms with Gasteiger partial charge in [-0.2, -0.15) is 13.2 Å². The van der Waals surface area contributed by atoms with Gasteiger partial charge < -0.3 is 19.9 Å². The minimum atomic E-state index is -5.15. The zero-order valence-electron chi connectivity index (χ0n) is 17.4. The van der Waals surface area contributed by atoms with E-state index in [4.69, 9.17) is 33.0 Å². The molecule has 0 aliphatic carbocycles. The summed E-state index contributed by atoms with van der Waals surface area (Å²) in [6.45, 7) is 2.42. The molecule has 0 saturated carbocycles. The number of carboxylic acid groups (broad SMARTS) is 1. The fraction of sp³-hybridized carbons (Fsp3) is 0.238. The van der Waals surface area contributed by atoms with Crippen LogP contribution in [0.25, 0.3) is 0 Å². The molecule has 0 radical (unpaired) electrons. The van der Waals surface area contributed by atoms with Crippen molar-refractivity contribution in [3.8, 4) is 11.6 Å². The number of aliphatic hydroxyl groups is 1. The van der Waals surface area contributed by atoms with Crippen LogP contribution in [-0.2, 0) is 5.60 Å². The van der Waals surface area contributed by atoms with Crippen molar-refractivity contribution in [1.82, 2.24) is 15.0 Å². The van der Waals surface area contributed by atoms with Gasteiger partial charge in [0.25, 0.3) is 5.56 Å². The number of H-pyrrole nitrogens is 1. The predicted molar refractivity (Wildman–Crippen MR) is 116 cm³/mol. The smallest absolute Gasteiger partial charge is 0.422 e. The number of nitrogens with one attached hydrogen (secondary N) is 1. The normalized spacial score (nSPS) is 14.4. The van der Waals surface area contributed by atoms with E-state index >= 15 is 0 Å². The van der Waals surface area contributed by atoms with Crippen LogP contribution in [0.2, 0.25) is 10.0 Å². The van der Waals surface area contributed by atoms with E-state index in [-0.39, 0.29) is 38.5 Å². The highest BCUT2D eigenvalue weighted by Crippen LogP contribution is 2.51. The lowest BCUT2D eigenvalue weighted by molar-refractivity contribution is -0.274. The molecule has 0 aliphatic rings. The van der Waals surface area contributed by atoms with Crippen molar-refractivity contribution in [2.45, 2.75) is 31.5 Å². The van der Waals surface area contributed by atoms with Crippen LogP contribution >= 0.6 is 23.2 Å². The fourth-order valence-electron chi connectivity index (χ4n) is 3.25. The molecule has 180 valence electrons. The van der Waals surface area contributed by atoms with Crippen molar-refractivity contribution in [2.75, 3.05) is 0 Å². The van der Waals surface area contributed by atoms with Crippen LogP contribution in [0.5, 0.6) is 11.6 Å². The number of aromatic carboxylic acids is 1. The number of hydrogen-bond donors (Lipinski definition) is 3. The molecular formula is C21H16Cl2F3N3O5. The number of hydrogen-bond acceptors (Lipinski definition) is 6. The lowest BCUT2D eigenvalue weighted by atomic mass is 9.78. The third kappa shape index (κ3) is 4.59. The van der Waals surface area contributed by atoms with Crippen LogP contribution in [0.4, 0.5) is 13.2 Å². The van der Waals surface area contributed by atoms with Crippen molar-refractivity contribution in [1.29, 1.82) is 0 Å². The third-order valence-corrected chi connectivity index (χ3v) is 6.07. The Bertz CT molecular complexity index is 1300. The summed E-state index contributed by atoms with van der Waals surface area (Å²) in [5.74, 6) is -3.19. The zero-order chi connectivity index (χ0) is 25.4. The van der Waals surface area contributed by atoms with Crippen LogP contribution in [0.1, 0.15) is 40.0 Å². The number of carbonyl (C=O) groups is 1. The van der Waals surface area contributed by atoms with Crippen molar-refractivity contribution in [3.63, 3.8) is 0 Å². The Morgan fingerprint density at radius 2 is 1.85 bits per heavy atom. The first-order chi connectivity index (χ1) is 15.8. The molecule has 0 spiro atoms. The number of halogens is 5. The van der Waals surface area contributed by atoms with E-state index in [1.54, 1.807) is 0 Å². The van der Waals surface area contributed by atoms with E-state index in [2.05, 4.69) is 15.0 Å². The van der Waals surface area contributed by atoms with Crippen LogP contribution in [-0.4, -0.2) is 37.3 Å². The molecule has 2 atom stereocenters. The SMILES string of the molecule is Cc1cc(C(O)(C(C)c2ccc(Oc3cnc(C(=O)O)cn3)c(Cl)c2Cl)C(F)(F)F)c[nH]c1=O. The van der Waals surface area contributed by atoms with Gasteiger partial charge in [-0.25, -0.2) is 14.8 Å². The van der Waals surface area contributed by atoms with E-state index in [1.165, 1.54) is 19.1 Å². The molecule has 0 saturated heterocycles. The van der Waals surface area contributed by atoms with Crippen molar-refractivity contribution in [3.05, 3.63) is 79.6 Å². The number of benzene rings is 1. The monoisotopic (exact) mass is 517 g/mol. The maximum Gasteiger partial charge on any atom is 0.422 e. The third-order valence-electron chi connectivity index (χ3n) is 5.19. The van der Waals surface area contributed by atoms with Gasteiger partial charge in [0.1, 0.15) is 10.8 Å². The number of ether oxygens (including phenoxy) is 1. The number of nitrogens with zero attached hydrogens (tertiary/aromatic N) is 2. The standard InChI is InChI=1S/C21H16Cl2F3N3O5/c1-9-5-11(6-29-18(9)30)20(33,21(24,25)26)10(2)12-3-4-14(17(23)16(12)22)34-15-8-27-13(7-28-15)19(31)32/h3-8,10,33H,1-2H3,(H,29,30)(H,31,32). The first-order valence-electron chi connectivity index (χ1n) is 9.47. The molecule has 13 heteroatoms. The Balaban J connectivity index is 2.02. The van der Waals surface area contributed by atoms with Crippen LogP contribution < -0.4 is 10.3 Å². The van der Waals surface area contributed by atoms with Gasteiger partial charge in [0.15, 0.2) is 11.3 Å². The topological polar surface area (TPSA) is 125 Å². The Morgan fingerprint density at radius 1 is 1.18 bits per heavy atom. The van der Waals surface area contributed by atoms with E-state index in [0.717, 1.165) is 31.6 Å². The number of aromatic amines is 1. The van der Waals surface area contributed by atoms with E-state index in [9.17, 15) is 27.9 Å². The Morgan fingerprint density at radius 3 is 2.38 bits per heavy atom. The number of carboxylic acids is 1. The number of aromatic nitrogens is 3. The van der Waals surface area contributed by atoms with E-state index in [1.807, 2.05) is 0 Å². The summed E-state index contributed by atoms with van der Waals surface area (Å²) in [5, 5.41) is 19.2. The van der Waals surface area contributed by atoms with Gasteiger partial charge in [-0.05, 0) is 24.6 Å². The lowest BCUT2D eigenvalue weighted by Crippen LogP contribution is -2.47. The number of aryl methyl sites for hydroxylation is 1. The summed E-state index contributed by atoms with van der Waals surface area (Å²) >= 11 is 12.5.